The minimum atomic E-state index is -1.67. The van der Waals surface area contributed by atoms with E-state index in [9.17, 15) is 40.5 Å². The standard InChI is InChI=1S/C66H127NO10/c1-3-5-7-9-11-13-15-17-19-21-23-25-26-27-28-29-30-31-32-33-34-36-37-39-41-43-45-47-49-51-53-58(69)61(71)57(56-76-66-64(74)63(73)62(72)60(55-68)77-66)67-65(75)59(70)54-52-50-48-46-44-42-40-38-35-24-22-20-18-16-14-12-10-8-6-4-2/h37,39,45,47,57-64,66,68-74H,3-36,38,40-44,46,48-56H2,1-2H3,(H,67,75)/b39-37+,47-45+. The first-order chi connectivity index (χ1) is 37.7. The molecule has 0 radical (unpaired) electrons. The van der Waals surface area contributed by atoms with Crippen LogP contribution in [0.15, 0.2) is 24.3 Å². The number of rotatable bonds is 58. The van der Waals surface area contributed by atoms with Crippen molar-refractivity contribution in [1.29, 1.82) is 0 Å². The van der Waals surface area contributed by atoms with E-state index in [0.29, 0.717) is 19.3 Å². The topological polar surface area (TPSA) is 189 Å². The van der Waals surface area contributed by atoms with Gasteiger partial charge in [0.1, 0.15) is 36.6 Å². The van der Waals surface area contributed by atoms with Gasteiger partial charge < -0.3 is 50.5 Å². The number of allylic oxidation sites excluding steroid dienone is 4. The molecule has 0 bridgehead atoms. The van der Waals surface area contributed by atoms with Gasteiger partial charge in [-0.25, -0.2) is 0 Å². The van der Waals surface area contributed by atoms with E-state index < -0.39 is 74.2 Å². The molecule has 456 valence electrons. The summed E-state index contributed by atoms with van der Waals surface area (Å²) in [6.07, 6.45) is 56.9. The van der Waals surface area contributed by atoms with Gasteiger partial charge >= 0.3 is 0 Å². The van der Waals surface area contributed by atoms with E-state index in [4.69, 9.17) is 9.47 Å². The SMILES string of the molecule is CCCCCCCCCCCCCCCCCCCCCCC/C=C/CC/C=C/CCCC(O)C(O)C(COC1OC(CO)C(O)C(O)C1O)NC(=O)C(O)CCCCCCCCCCCCCCCCCCCCCC. The van der Waals surface area contributed by atoms with Gasteiger partial charge in [0.25, 0.3) is 0 Å². The molecular formula is C66H127NO10. The molecule has 0 spiro atoms. The molecule has 0 saturated carbocycles. The molecule has 8 N–H and O–H groups in total. The van der Waals surface area contributed by atoms with E-state index >= 15 is 0 Å². The third-order valence-electron chi connectivity index (χ3n) is 16.2. The van der Waals surface area contributed by atoms with Crippen LogP contribution in [-0.4, -0.2) is 110 Å². The molecule has 9 atom stereocenters. The summed E-state index contributed by atoms with van der Waals surface area (Å²) >= 11 is 0. The van der Waals surface area contributed by atoms with Crippen LogP contribution in [0.3, 0.4) is 0 Å². The highest BCUT2D eigenvalue weighted by Gasteiger charge is 2.44. The van der Waals surface area contributed by atoms with Crippen LogP contribution in [0.5, 0.6) is 0 Å². The first kappa shape index (κ1) is 73.6. The lowest BCUT2D eigenvalue weighted by molar-refractivity contribution is -0.303. The minimum absolute atomic E-state index is 0.249. The van der Waals surface area contributed by atoms with Gasteiger partial charge in [0.05, 0.1) is 25.4 Å². The molecule has 1 aliphatic heterocycles. The molecule has 1 heterocycles. The smallest absolute Gasteiger partial charge is 0.249 e. The van der Waals surface area contributed by atoms with E-state index in [1.165, 1.54) is 238 Å². The van der Waals surface area contributed by atoms with Crippen molar-refractivity contribution in [2.45, 2.75) is 377 Å². The van der Waals surface area contributed by atoms with Crippen LogP contribution in [0.25, 0.3) is 0 Å². The van der Waals surface area contributed by atoms with E-state index in [1.807, 2.05) is 0 Å². The van der Waals surface area contributed by atoms with Crippen molar-refractivity contribution in [1.82, 2.24) is 5.32 Å². The van der Waals surface area contributed by atoms with Crippen LogP contribution >= 0.6 is 0 Å². The summed E-state index contributed by atoms with van der Waals surface area (Å²) in [6.45, 7) is 3.49. The molecule has 9 unspecified atom stereocenters. The Balaban J connectivity index is 2.25. The van der Waals surface area contributed by atoms with E-state index in [1.54, 1.807) is 0 Å². The monoisotopic (exact) mass is 1090 g/mol. The Morgan fingerprint density at radius 3 is 1.16 bits per heavy atom. The molecule has 11 heteroatoms. The molecule has 77 heavy (non-hydrogen) atoms. The second-order valence-electron chi connectivity index (χ2n) is 23.5. The molecule has 1 rings (SSSR count). The molecular weight excluding hydrogens is 967 g/mol. The molecule has 0 aromatic heterocycles. The number of ether oxygens (including phenoxy) is 2. The molecule has 1 saturated heterocycles. The Labute approximate surface area is 474 Å². The normalized spacial score (nSPS) is 19.6. The van der Waals surface area contributed by atoms with Crippen LogP contribution in [0, 0.1) is 0 Å². The van der Waals surface area contributed by atoms with Gasteiger partial charge in [0.2, 0.25) is 5.91 Å². The Morgan fingerprint density at radius 2 is 0.779 bits per heavy atom. The van der Waals surface area contributed by atoms with Crippen LogP contribution in [0.4, 0.5) is 0 Å². The fourth-order valence-corrected chi connectivity index (χ4v) is 10.9. The number of hydrogen-bond acceptors (Lipinski definition) is 10. The van der Waals surface area contributed by atoms with Crippen molar-refractivity contribution in [3.8, 4) is 0 Å². The second-order valence-corrected chi connectivity index (χ2v) is 23.5. The van der Waals surface area contributed by atoms with E-state index in [-0.39, 0.29) is 12.8 Å². The quantitative estimate of drug-likeness (QED) is 0.0215. The fourth-order valence-electron chi connectivity index (χ4n) is 10.9. The van der Waals surface area contributed by atoms with Gasteiger partial charge in [-0.1, -0.05) is 295 Å². The van der Waals surface area contributed by atoms with Crippen molar-refractivity contribution in [3.05, 3.63) is 24.3 Å². The predicted octanol–water partition coefficient (Wildman–Crippen LogP) is 15.2. The molecule has 0 aromatic rings. The summed E-state index contributed by atoms with van der Waals surface area (Å²) in [5.74, 6) is -0.704. The summed E-state index contributed by atoms with van der Waals surface area (Å²) < 4.78 is 11.2. The molecule has 1 fully saturated rings. The van der Waals surface area contributed by atoms with Crippen LogP contribution in [0.2, 0.25) is 0 Å². The number of carbonyl (C=O) groups is 1. The number of aliphatic hydroxyl groups excluding tert-OH is 7. The number of aliphatic hydroxyl groups is 7. The van der Waals surface area contributed by atoms with Crippen molar-refractivity contribution in [2.75, 3.05) is 13.2 Å². The number of unbranched alkanes of at least 4 members (excludes halogenated alkanes) is 42. The molecule has 1 aliphatic rings. The highest BCUT2D eigenvalue weighted by Crippen LogP contribution is 2.24. The molecule has 0 aliphatic carbocycles. The summed E-state index contributed by atoms with van der Waals surface area (Å²) in [7, 11) is 0. The fraction of sp³-hybridized carbons (Fsp3) is 0.924. The summed E-state index contributed by atoms with van der Waals surface area (Å²) in [4.78, 5) is 13.2. The summed E-state index contributed by atoms with van der Waals surface area (Å²) in [5.41, 5.74) is 0. The highest BCUT2D eigenvalue weighted by molar-refractivity contribution is 5.80. The molecule has 0 aromatic carbocycles. The van der Waals surface area contributed by atoms with Crippen LogP contribution in [-0.2, 0) is 14.3 Å². The van der Waals surface area contributed by atoms with Gasteiger partial charge in [-0.15, -0.1) is 0 Å². The molecule has 1 amide bonds. The van der Waals surface area contributed by atoms with Gasteiger partial charge in [-0.05, 0) is 51.4 Å². The van der Waals surface area contributed by atoms with Crippen molar-refractivity contribution >= 4 is 5.91 Å². The maximum Gasteiger partial charge on any atom is 0.249 e. The van der Waals surface area contributed by atoms with Crippen molar-refractivity contribution in [3.63, 3.8) is 0 Å². The maximum atomic E-state index is 13.2. The third kappa shape index (κ3) is 43.0. The van der Waals surface area contributed by atoms with Gasteiger partial charge in [-0.2, -0.15) is 0 Å². The van der Waals surface area contributed by atoms with E-state index in [0.717, 1.165) is 38.5 Å². The zero-order chi connectivity index (χ0) is 56.1. The molecule has 11 nitrogen and oxygen atoms in total. The second kappa shape index (κ2) is 55.1. The largest absolute Gasteiger partial charge is 0.394 e. The van der Waals surface area contributed by atoms with Crippen molar-refractivity contribution < 1.29 is 50.0 Å². The lowest BCUT2D eigenvalue weighted by atomic mass is 9.98. The zero-order valence-corrected chi connectivity index (χ0v) is 50.2. The predicted molar refractivity (Wildman–Crippen MR) is 321 cm³/mol. The average molecular weight is 1090 g/mol. The van der Waals surface area contributed by atoms with Crippen LogP contribution < -0.4 is 5.32 Å². The summed E-state index contributed by atoms with van der Waals surface area (Å²) in [6, 6.07) is -1.19. The first-order valence-corrected chi connectivity index (χ1v) is 33.2. The number of hydrogen-bond donors (Lipinski definition) is 8. The zero-order valence-electron chi connectivity index (χ0n) is 50.2. The Morgan fingerprint density at radius 1 is 0.442 bits per heavy atom. The number of nitrogens with one attached hydrogen (secondary N) is 1. The Bertz CT molecular complexity index is 1300. The number of amides is 1. The van der Waals surface area contributed by atoms with Crippen LogP contribution in [0.1, 0.15) is 322 Å². The minimum Gasteiger partial charge on any atom is -0.394 e. The first-order valence-electron chi connectivity index (χ1n) is 33.2. The summed E-state index contributed by atoms with van der Waals surface area (Å²) in [5, 5.41) is 76.3. The lowest BCUT2D eigenvalue weighted by Crippen LogP contribution is -2.60. The van der Waals surface area contributed by atoms with E-state index in [2.05, 4.69) is 43.5 Å². The number of carbonyl (C=O) groups excluding carboxylic acids is 1. The Hall–Kier alpha value is -1.41. The van der Waals surface area contributed by atoms with Gasteiger partial charge in [0, 0.05) is 0 Å². The maximum absolute atomic E-state index is 13.2. The lowest BCUT2D eigenvalue weighted by Gasteiger charge is -2.40. The van der Waals surface area contributed by atoms with Gasteiger partial charge in [-0.3, -0.25) is 4.79 Å². The third-order valence-corrected chi connectivity index (χ3v) is 16.2. The van der Waals surface area contributed by atoms with Gasteiger partial charge in [0.15, 0.2) is 6.29 Å². The Kier molecular flexibility index (Phi) is 52.7. The highest BCUT2D eigenvalue weighted by atomic mass is 16.7. The van der Waals surface area contributed by atoms with Crippen molar-refractivity contribution in [2.24, 2.45) is 0 Å². The average Bonchev–Trinajstić information content (AvgIpc) is 3.43.